The first kappa shape index (κ1) is 14.8. The summed E-state index contributed by atoms with van der Waals surface area (Å²) in [5.74, 6) is -1.82. The van der Waals surface area contributed by atoms with Gasteiger partial charge >= 0.3 is 5.97 Å². The van der Waals surface area contributed by atoms with Gasteiger partial charge < -0.3 is 4.74 Å². The molecular formula is C18H19F2NO2. The van der Waals surface area contributed by atoms with Gasteiger partial charge in [0.2, 0.25) is 0 Å². The lowest BCUT2D eigenvalue weighted by molar-refractivity contribution is -0.153. The predicted octanol–water partition coefficient (Wildman–Crippen LogP) is 3.00. The fraction of sp³-hybridized carbons (Fsp3) is 0.500. The van der Waals surface area contributed by atoms with Crippen molar-refractivity contribution in [2.75, 3.05) is 13.7 Å². The van der Waals surface area contributed by atoms with Gasteiger partial charge in [-0.3, -0.25) is 9.69 Å². The van der Waals surface area contributed by atoms with E-state index in [1.54, 1.807) is 6.07 Å². The summed E-state index contributed by atoms with van der Waals surface area (Å²) in [7, 11) is 1.44. The van der Waals surface area contributed by atoms with E-state index in [9.17, 15) is 13.6 Å². The van der Waals surface area contributed by atoms with Gasteiger partial charge in [0, 0.05) is 18.6 Å². The first-order valence-corrected chi connectivity index (χ1v) is 8.07. The predicted molar refractivity (Wildman–Crippen MR) is 81.5 cm³/mol. The molecule has 0 radical (unpaired) electrons. The van der Waals surface area contributed by atoms with Crippen LogP contribution in [-0.2, 0) is 9.53 Å². The molecule has 5 heteroatoms. The smallest absolute Gasteiger partial charge is 0.310 e. The van der Waals surface area contributed by atoms with Gasteiger partial charge in [0.1, 0.15) is 0 Å². The van der Waals surface area contributed by atoms with Crippen LogP contribution in [0.1, 0.15) is 24.8 Å². The van der Waals surface area contributed by atoms with Crippen molar-refractivity contribution in [1.29, 1.82) is 0 Å². The van der Waals surface area contributed by atoms with Crippen molar-refractivity contribution in [3.05, 3.63) is 41.0 Å². The highest BCUT2D eigenvalue weighted by atomic mass is 19.2. The Balaban J connectivity index is 1.69. The summed E-state index contributed by atoms with van der Waals surface area (Å²) in [6, 6.07) is 4.75. The van der Waals surface area contributed by atoms with Crippen LogP contribution in [0.3, 0.4) is 0 Å². The van der Waals surface area contributed by atoms with Gasteiger partial charge in [-0.1, -0.05) is 17.7 Å². The zero-order valence-electron chi connectivity index (χ0n) is 13.0. The maximum atomic E-state index is 13.4. The number of halogens is 2. The molecule has 0 N–H and O–H groups in total. The number of hydrogen-bond donors (Lipinski definition) is 0. The third-order valence-electron chi connectivity index (χ3n) is 5.68. The van der Waals surface area contributed by atoms with E-state index in [4.69, 9.17) is 4.74 Å². The van der Waals surface area contributed by atoms with Crippen LogP contribution in [0.25, 0.3) is 6.08 Å². The molecular weight excluding hydrogens is 300 g/mol. The van der Waals surface area contributed by atoms with Gasteiger partial charge in [-0.25, -0.2) is 8.78 Å². The molecule has 3 nitrogen and oxygen atoms in total. The number of hydrogen-bond acceptors (Lipinski definition) is 3. The lowest BCUT2D eigenvalue weighted by Crippen LogP contribution is -2.58. The molecule has 4 aliphatic rings. The van der Waals surface area contributed by atoms with E-state index >= 15 is 0 Å². The summed E-state index contributed by atoms with van der Waals surface area (Å²) in [5, 5.41) is 0. The molecule has 4 saturated heterocycles. The zero-order valence-corrected chi connectivity index (χ0v) is 13.0. The van der Waals surface area contributed by atoms with Gasteiger partial charge in [-0.05, 0) is 42.9 Å². The van der Waals surface area contributed by atoms with Crippen molar-refractivity contribution in [1.82, 2.24) is 4.90 Å². The summed E-state index contributed by atoms with van der Waals surface area (Å²) >= 11 is 0. The second-order valence-corrected chi connectivity index (χ2v) is 6.75. The molecule has 1 aromatic rings. The number of rotatable bonds is 2. The molecule has 4 aliphatic heterocycles. The molecule has 23 heavy (non-hydrogen) atoms. The number of ether oxygens (including phenoxy) is 1. The van der Waals surface area contributed by atoms with Crippen molar-refractivity contribution in [2.24, 2.45) is 11.8 Å². The van der Waals surface area contributed by atoms with Crippen LogP contribution in [0.2, 0.25) is 0 Å². The molecule has 0 saturated carbocycles. The highest BCUT2D eigenvalue weighted by Gasteiger charge is 2.55. The Hall–Kier alpha value is -1.75. The highest BCUT2D eigenvalue weighted by Crippen LogP contribution is 2.50. The maximum absolute atomic E-state index is 13.4. The summed E-state index contributed by atoms with van der Waals surface area (Å²) in [5.41, 5.74) is 1.77. The second-order valence-electron chi connectivity index (χ2n) is 6.75. The minimum atomic E-state index is -0.842. The second kappa shape index (κ2) is 5.41. The molecule has 5 unspecified atom stereocenters. The first-order valence-electron chi connectivity index (χ1n) is 8.07. The molecule has 0 spiro atoms. The zero-order chi connectivity index (χ0) is 16.1. The normalized spacial score (nSPS) is 36.5. The fourth-order valence-corrected chi connectivity index (χ4v) is 4.70. The number of piperidine rings is 3. The van der Waals surface area contributed by atoms with E-state index in [-0.39, 0.29) is 23.8 Å². The van der Waals surface area contributed by atoms with Crippen molar-refractivity contribution >= 4 is 12.0 Å². The summed E-state index contributed by atoms with van der Waals surface area (Å²) < 4.78 is 31.5. The Bertz CT molecular complexity index is 688. The van der Waals surface area contributed by atoms with Crippen LogP contribution in [0, 0.1) is 23.5 Å². The number of carbonyl (C=O) groups is 1. The number of nitrogens with zero attached hydrogens (tertiary/aromatic N) is 1. The highest BCUT2D eigenvalue weighted by molar-refractivity contribution is 5.75. The third kappa shape index (κ3) is 2.29. The van der Waals surface area contributed by atoms with Crippen LogP contribution in [0.15, 0.2) is 23.8 Å². The Morgan fingerprint density at radius 3 is 2.87 bits per heavy atom. The molecule has 4 fully saturated rings. The van der Waals surface area contributed by atoms with Gasteiger partial charge in [-0.2, -0.15) is 0 Å². The van der Waals surface area contributed by atoms with Gasteiger partial charge in [-0.15, -0.1) is 0 Å². The van der Waals surface area contributed by atoms with Crippen LogP contribution in [0.5, 0.6) is 0 Å². The van der Waals surface area contributed by atoms with E-state index in [0.717, 1.165) is 37.4 Å². The monoisotopic (exact) mass is 319 g/mol. The van der Waals surface area contributed by atoms with Gasteiger partial charge in [0.15, 0.2) is 11.6 Å². The molecule has 0 aliphatic carbocycles. The number of methoxy groups -OCH3 is 1. The molecule has 0 amide bonds. The quantitative estimate of drug-likeness (QED) is 0.785. The average Bonchev–Trinajstić information content (AvgIpc) is 2.85. The van der Waals surface area contributed by atoms with E-state index in [0.29, 0.717) is 11.6 Å². The molecule has 0 aromatic heterocycles. The minimum absolute atomic E-state index is 0.135. The molecule has 5 atom stereocenters. The Kier molecular flexibility index (Phi) is 3.48. The van der Waals surface area contributed by atoms with Crippen LogP contribution < -0.4 is 0 Å². The van der Waals surface area contributed by atoms with Gasteiger partial charge in [0.25, 0.3) is 0 Å². The SMILES string of the molecule is COC(=O)C1C2CC3CCC1N3C/C2=C\c1ccc(F)c(F)c1. The number of esters is 1. The van der Waals surface area contributed by atoms with Crippen molar-refractivity contribution < 1.29 is 18.3 Å². The largest absolute Gasteiger partial charge is 0.469 e. The lowest BCUT2D eigenvalue weighted by Gasteiger charge is -2.50. The molecule has 1 aromatic carbocycles. The third-order valence-corrected chi connectivity index (χ3v) is 5.68. The Morgan fingerprint density at radius 2 is 2.13 bits per heavy atom. The van der Waals surface area contributed by atoms with Crippen molar-refractivity contribution in [2.45, 2.75) is 31.3 Å². The summed E-state index contributed by atoms with van der Waals surface area (Å²) in [6.07, 6.45) is 5.03. The topological polar surface area (TPSA) is 29.5 Å². The van der Waals surface area contributed by atoms with Crippen LogP contribution >= 0.6 is 0 Å². The number of fused-ring (bicyclic) bond motifs is 1. The molecule has 122 valence electrons. The standard InChI is InChI=1S/C18H19F2NO2/c1-23-18(22)17-13-8-12-3-5-16(17)21(12)9-11(13)6-10-2-4-14(19)15(20)7-10/h2,4,6-7,12-13,16-17H,3,5,8-9H2,1H3/b11-6+. The Morgan fingerprint density at radius 1 is 1.30 bits per heavy atom. The van der Waals surface area contributed by atoms with Crippen LogP contribution in [0.4, 0.5) is 8.78 Å². The van der Waals surface area contributed by atoms with E-state index < -0.39 is 11.6 Å². The van der Waals surface area contributed by atoms with Crippen LogP contribution in [-0.4, -0.2) is 36.6 Å². The minimum Gasteiger partial charge on any atom is -0.469 e. The average molecular weight is 319 g/mol. The van der Waals surface area contributed by atoms with E-state index in [1.165, 1.54) is 13.2 Å². The molecule has 4 bridgehead atoms. The number of carbonyl (C=O) groups excluding carboxylic acids is 1. The molecule has 4 heterocycles. The fourth-order valence-electron chi connectivity index (χ4n) is 4.70. The first-order chi connectivity index (χ1) is 11.1. The summed E-state index contributed by atoms with van der Waals surface area (Å²) in [6.45, 7) is 0.812. The van der Waals surface area contributed by atoms with E-state index in [1.807, 2.05) is 6.08 Å². The molecule has 5 rings (SSSR count). The number of benzene rings is 1. The Labute approximate surface area is 133 Å². The maximum Gasteiger partial charge on any atom is 0.310 e. The lowest BCUT2D eigenvalue weighted by atomic mass is 9.71. The summed E-state index contributed by atoms with van der Waals surface area (Å²) in [4.78, 5) is 14.7. The van der Waals surface area contributed by atoms with E-state index in [2.05, 4.69) is 4.90 Å². The van der Waals surface area contributed by atoms with Crippen molar-refractivity contribution in [3.8, 4) is 0 Å². The van der Waals surface area contributed by atoms with Gasteiger partial charge in [0.05, 0.1) is 13.0 Å². The van der Waals surface area contributed by atoms with Crippen molar-refractivity contribution in [3.63, 3.8) is 0 Å².